The van der Waals surface area contributed by atoms with Gasteiger partial charge < -0.3 is 24.4 Å². The van der Waals surface area contributed by atoms with Gasteiger partial charge in [-0.15, -0.1) is 0 Å². The van der Waals surface area contributed by atoms with E-state index in [1.54, 1.807) is 54.6 Å². The Morgan fingerprint density at radius 1 is 0.900 bits per heavy atom. The van der Waals surface area contributed by atoms with Gasteiger partial charge in [0.05, 0.1) is 19.8 Å². The van der Waals surface area contributed by atoms with Crippen molar-refractivity contribution in [2.24, 2.45) is 0 Å². The number of ketones is 1. The molecule has 1 heterocycles. The minimum atomic E-state index is -0.707. The number of rotatable bonds is 4. The number of aromatic hydroxyl groups is 2. The van der Waals surface area contributed by atoms with E-state index in [1.165, 1.54) is 26.4 Å². The SMILES string of the molecule is COc1cc(/C=C2\C(=O)c3ccccc3OC2c2ccc(O)c(OC)c2)ccc1O. The van der Waals surface area contributed by atoms with Crippen LogP contribution in [0.5, 0.6) is 28.7 Å². The van der Waals surface area contributed by atoms with Gasteiger partial charge in [0.2, 0.25) is 0 Å². The number of ether oxygens (including phenoxy) is 3. The molecule has 1 aliphatic rings. The molecule has 0 aliphatic carbocycles. The van der Waals surface area contributed by atoms with Gasteiger partial charge in [0.25, 0.3) is 0 Å². The van der Waals surface area contributed by atoms with Crippen LogP contribution in [0.3, 0.4) is 0 Å². The molecule has 3 aromatic rings. The summed E-state index contributed by atoms with van der Waals surface area (Å²) >= 11 is 0. The number of benzene rings is 3. The van der Waals surface area contributed by atoms with Gasteiger partial charge in [0.1, 0.15) is 5.75 Å². The number of fused-ring (bicyclic) bond motifs is 1. The average molecular weight is 404 g/mol. The first-order valence-electron chi connectivity index (χ1n) is 9.27. The van der Waals surface area contributed by atoms with Crippen LogP contribution in [0.15, 0.2) is 66.2 Å². The Balaban J connectivity index is 1.87. The van der Waals surface area contributed by atoms with Crippen LogP contribution in [0.25, 0.3) is 6.08 Å². The van der Waals surface area contributed by atoms with E-state index >= 15 is 0 Å². The largest absolute Gasteiger partial charge is 0.504 e. The quantitative estimate of drug-likeness (QED) is 0.622. The summed E-state index contributed by atoms with van der Waals surface area (Å²) in [5.41, 5.74) is 2.21. The second-order valence-electron chi connectivity index (χ2n) is 6.79. The fraction of sp³-hybridized carbons (Fsp3) is 0.125. The van der Waals surface area contributed by atoms with Crippen molar-refractivity contribution in [3.63, 3.8) is 0 Å². The van der Waals surface area contributed by atoms with E-state index in [-0.39, 0.29) is 23.0 Å². The zero-order valence-corrected chi connectivity index (χ0v) is 16.5. The second kappa shape index (κ2) is 7.83. The van der Waals surface area contributed by atoms with E-state index in [1.807, 2.05) is 0 Å². The first-order chi connectivity index (χ1) is 14.5. The van der Waals surface area contributed by atoms with Crippen LogP contribution in [0.4, 0.5) is 0 Å². The molecule has 0 saturated carbocycles. The molecular formula is C24H20O6. The Bertz CT molecular complexity index is 1150. The molecule has 0 aromatic heterocycles. The van der Waals surface area contributed by atoms with E-state index < -0.39 is 6.10 Å². The summed E-state index contributed by atoms with van der Waals surface area (Å²) in [5.74, 6) is 0.916. The van der Waals surface area contributed by atoms with E-state index in [4.69, 9.17) is 14.2 Å². The van der Waals surface area contributed by atoms with Crippen molar-refractivity contribution in [3.05, 3.63) is 82.9 Å². The summed E-state index contributed by atoms with van der Waals surface area (Å²) in [5, 5.41) is 19.8. The summed E-state index contributed by atoms with van der Waals surface area (Å²) in [6, 6.07) is 16.7. The Morgan fingerprint density at radius 3 is 2.30 bits per heavy atom. The molecule has 0 saturated heterocycles. The van der Waals surface area contributed by atoms with Crippen molar-refractivity contribution >= 4 is 11.9 Å². The number of carbonyl (C=O) groups excluding carboxylic acids is 1. The van der Waals surface area contributed by atoms with Crippen molar-refractivity contribution in [2.75, 3.05) is 14.2 Å². The highest BCUT2D eigenvalue weighted by atomic mass is 16.5. The van der Waals surface area contributed by atoms with Crippen LogP contribution in [0.1, 0.15) is 27.6 Å². The summed E-state index contributed by atoms with van der Waals surface area (Å²) in [6.07, 6.45) is 1.01. The van der Waals surface area contributed by atoms with Crippen LogP contribution in [0.2, 0.25) is 0 Å². The van der Waals surface area contributed by atoms with Gasteiger partial charge in [0, 0.05) is 11.1 Å². The minimum Gasteiger partial charge on any atom is -0.504 e. The lowest BCUT2D eigenvalue weighted by Gasteiger charge is -2.28. The molecule has 3 aromatic carbocycles. The molecule has 1 atom stereocenters. The predicted octanol–water partition coefficient (Wildman–Crippen LogP) is 4.52. The van der Waals surface area contributed by atoms with Gasteiger partial charge >= 0.3 is 0 Å². The van der Waals surface area contributed by atoms with E-state index in [0.29, 0.717) is 33.8 Å². The number of phenols is 2. The zero-order chi connectivity index (χ0) is 21.3. The average Bonchev–Trinajstić information content (AvgIpc) is 2.77. The molecule has 0 fully saturated rings. The number of phenolic OH excluding ortho intramolecular Hbond substituents is 2. The highest BCUT2D eigenvalue weighted by Crippen LogP contribution is 2.41. The lowest BCUT2D eigenvalue weighted by Crippen LogP contribution is -2.23. The number of Topliss-reactive ketones (excluding diaryl/α,β-unsaturated/α-hetero) is 1. The smallest absolute Gasteiger partial charge is 0.196 e. The van der Waals surface area contributed by atoms with E-state index in [2.05, 4.69) is 0 Å². The number of carbonyl (C=O) groups is 1. The van der Waals surface area contributed by atoms with Crippen LogP contribution < -0.4 is 14.2 Å². The first-order valence-corrected chi connectivity index (χ1v) is 9.27. The maximum Gasteiger partial charge on any atom is 0.196 e. The summed E-state index contributed by atoms with van der Waals surface area (Å²) in [7, 11) is 2.92. The van der Waals surface area contributed by atoms with Gasteiger partial charge in [-0.05, 0) is 48.0 Å². The Labute approximate surface area is 173 Å². The monoisotopic (exact) mass is 404 g/mol. The molecule has 0 bridgehead atoms. The fourth-order valence-electron chi connectivity index (χ4n) is 3.43. The third-order valence-electron chi connectivity index (χ3n) is 4.95. The van der Waals surface area contributed by atoms with Crippen molar-refractivity contribution in [2.45, 2.75) is 6.10 Å². The molecule has 30 heavy (non-hydrogen) atoms. The highest BCUT2D eigenvalue weighted by Gasteiger charge is 2.33. The van der Waals surface area contributed by atoms with Gasteiger partial charge in [-0.25, -0.2) is 0 Å². The second-order valence-corrected chi connectivity index (χ2v) is 6.79. The molecule has 0 spiro atoms. The maximum atomic E-state index is 13.3. The van der Waals surface area contributed by atoms with Crippen LogP contribution in [-0.2, 0) is 0 Å². The molecule has 0 amide bonds. The topological polar surface area (TPSA) is 85.2 Å². The number of para-hydroxylation sites is 1. The normalized spacial score (nSPS) is 16.7. The molecule has 1 unspecified atom stereocenters. The Kier molecular flexibility index (Phi) is 5.06. The van der Waals surface area contributed by atoms with E-state index in [0.717, 1.165) is 0 Å². The van der Waals surface area contributed by atoms with Crippen LogP contribution >= 0.6 is 0 Å². The number of hydrogen-bond donors (Lipinski definition) is 2. The van der Waals surface area contributed by atoms with Crippen molar-refractivity contribution in [1.29, 1.82) is 0 Å². The number of hydrogen-bond acceptors (Lipinski definition) is 6. The van der Waals surface area contributed by atoms with Gasteiger partial charge in [-0.3, -0.25) is 4.79 Å². The molecule has 6 nitrogen and oxygen atoms in total. The predicted molar refractivity (Wildman–Crippen MR) is 111 cm³/mol. The Morgan fingerprint density at radius 2 is 1.57 bits per heavy atom. The molecule has 152 valence electrons. The van der Waals surface area contributed by atoms with Crippen molar-refractivity contribution < 1.29 is 29.2 Å². The van der Waals surface area contributed by atoms with Gasteiger partial charge in [-0.1, -0.05) is 24.3 Å². The summed E-state index contributed by atoms with van der Waals surface area (Å²) in [6.45, 7) is 0. The van der Waals surface area contributed by atoms with Gasteiger partial charge in [-0.2, -0.15) is 0 Å². The summed E-state index contributed by atoms with van der Waals surface area (Å²) < 4.78 is 16.6. The molecule has 2 N–H and O–H groups in total. The standard InChI is InChI=1S/C24H20O6/c1-28-21-12-14(7-9-18(21)25)11-17-23(27)16-5-3-4-6-20(16)30-24(17)15-8-10-19(26)22(13-15)29-2/h3-13,24-26H,1-2H3/b17-11+. The molecule has 0 radical (unpaired) electrons. The molecule has 4 rings (SSSR count). The van der Waals surface area contributed by atoms with Crippen molar-refractivity contribution in [1.82, 2.24) is 0 Å². The van der Waals surface area contributed by atoms with Crippen LogP contribution in [-0.4, -0.2) is 30.2 Å². The zero-order valence-electron chi connectivity index (χ0n) is 16.5. The maximum absolute atomic E-state index is 13.3. The first kappa shape index (κ1) is 19.4. The highest BCUT2D eigenvalue weighted by molar-refractivity contribution is 6.14. The molecule has 6 heteroatoms. The third kappa shape index (κ3) is 3.43. The lowest BCUT2D eigenvalue weighted by atomic mass is 9.89. The molecule has 1 aliphatic heterocycles. The van der Waals surface area contributed by atoms with Crippen LogP contribution in [0, 0.1) is 0 Å². The third-order valence-corrected chi connectivity index (χ3v) is 4.95. The fourth-order valence-corrected chi connectivity index (χ4v) is 3.43. The van der Waals surface area contributed by atoms with E-state index in [9.17, 15) is 15.0 Å². The lowest BCUT2D eigenvalue weighted by molar-refractivity contribution is 0.0963. The Hall–Kier alpha value is -3.93. The summed E-state index contributed by atoms with van der Waals surface area (Å²) in [4.78, 5) is 13.3. The van der Waals surface area contributed by atoms with Gasteiger partial charge in [0.15, 0.2) is 34.9 Å². The number of methoxy groups -OCH3 is 2. The van der Waals surface area contributed by atoms with Crippen molar-refractivity contribution in [3.8, 4) is 28.7 Å². The minimum absolute atomic E-state index is 0.00223. The molecular weight excluding hydrogens is 384 g/mol.